The Hall–Kier alpha value is -1.66. The summed E-state index contributed by atoms with van der Waals surface area (Å²) in [4.78, 5) is 29.6. The van der Waals surface area contributed by atoms with Crippen molar-refractivity contribution in [3.63, 3.8) is 0 Å². The second-order valence-electron chi connectivity index (χ2n) is 6.72. The molecule has 28 heavy (non-hydrogen) atoms. The van der Waals surface area contributed by atoms with Crippen molar-refractivity contribution in [2.45, 2.75) is 43.0 Å². The monoisotopic (exact) mass is 418 g/mol. The van der Waals surface area contributed by atoms with Crippen LogP contribution in [0.15, 0.2) is 33.5 Å². The number of hydrogen-bond donors (Lipinski definition) is 7. The molecule has 2 aromatic rings. The van der Waals surface area contributed by atoms with E-state index in [0.717, 1.165) is 6.07 Å². The molecule has 11 nitrogen and oxygen atoms in total. The molecule has 1 aromatic heterocycles. The quantitative estimate of drug-likeness (QED) is 0.220. The molecule has 1 saturated carbocycles. The van der Waals surface area contributed by atoms with Crippen molar-refractivity contribution >= 4 is 18.8 Å². The minimum absolute atomic E-state index is 0.00314. The Morgan fingerprint density at radius 3 is 2.32 bits per heavy atom. The third kappa shape index (κ3) is 3.41. The van der Waals surface area contributed by atoms with Crippen molar-refractivity contribution < 1.29 is 48.8 Å². The highest BCUT2D eigenvalue weighted by atomic mass is 31.2. The summed E-state index contributed by atoms with van der Waals surface area (Å²) in [6.07, 6.45) is -10.8. The van der Waals surface area contributed by atoms with Gasteiger partial charge in [0, 0.05) is 11.5 Å². The van der Waals surface area contributed by atoms with Crippen molar-refractivity contribution in [2.24, 2.45) is 0 Å². The lowest BCUT2D eigenvalue weighted by atomic mass is 9.71. The van der Waals surface area contributed by atoms with Gasteiger partial charge in [0.15, 0.2) is 0 Å². The average Bonchev–Trinajstić information content (AvgIpc) is 2.60. The Morgan fingerprint density at radius 2 is 1.71 bits per heavy atom. The molecule has 6 atom stereocenters. The topological polar surface area (TPSA) is 198 Å². The first kappa shape index (κ1) is 21.1. The number of phosphoric acid groups is 1. The van der Waals surface area contributed by atoms with Gasteiger partial charge in [0.2, 0.25) is 0 Å². The second kappa shape index (κ2) is 6.99. The molecule has 0 bridgehead atoms. The van der Waals surface area contributed by atoms with E-state index in [9.17, 15) is 34.9 Å². The number of benzene rings is 1. The van der Waals surface area contributed by atoms with E-state index in [1.165, 1.54) is 18.2 Å². The highest BCUT2D eigenvalue weighted by molar-refractivity contribution is 7.46. The molecule has 1 heterocycles. The summed E-state index contributed by atoms with van der Waals surface area (Å²) < 4.78 is 20.5. The van der Waals surface area contributed by atoms with Gasteiger partial charge >= 0.3 is 13.4 Å². The molecule has 0 radical (unpaired) electrons. The fourth-order valence-electron chi connectivity index (χ4n) is 3.45. The van der Waals surface area contributed by atoms with Crippen LogP contribution in [-0.2, 0) is 14.7 Å². The molecule has 0 unspecified atom stereocenters. The molecular formula is C16H19O11P. The summed E-state index contributed by atoms with van der Waals surface area (Å²) in [5, 5.41) is 52.3. The van der Waals surface area contributed by atoms with Crippen LogP contribution in [0.2, 0.25) is 0 Å². The lowest BCUT2D eigenvalue weighted by molar-refractivity contribution is -0.270. The van der Waals surface area contributed by atoms with Crippen LogP contribution in [0.4, 0.5) is 0 Å². The van der Waals surface area contributed by atoms with Gasteiger partial charge < -0.3 is 39.7 Å². The van der Waals surface area contributed by atoms with Crippen LogP contribution in [0.3, 0.4) is 0 Å². The van der Waals surface area contributed by atoms with Crippen LogP contribution >= 0.6 is 7.82 Å². The molecule has 12 heteroatoms. The van der Waals surface area contributed by atoms with E-state index in [1.54, 1.807) is 6.92 Å². The van der Waals surface area contributed by atoms with Crippen LogP contribution in [0.1, 0.15) is 11.1 Å². The van der Waals surface area contributed by atoms with Crippen LogP contribution in [0.5, 0.6) is 0 Å². The Labute approximate surface area is 157 Å². The Morgan fingerprint density at radius 1 is 1.07 bits per heavy atom. The van der Waals surface area contributed by atoms with Gasteiger partial charge in [-0.3, -0.25) is 4.52 Å². The van der Waals surface area contributed by atoms with Gasteiger partial charge in [-0.25, -0.2) is 9.36 Å². The van der Waals surface area contributed by atoms with Crippen molar-refractivity contribution in [2.75, 3.05) is 0 Å². The molecule has 1 aliphatic carbocycles. The molecule has 0 amide bonds. The fourth-order valence-corrected chi connectivity index (χ4v) is 4.00. The van der Waals surface area contributed by atoms with Crippen LogP contribution in [-0.4, -0.2) is 65.8 Å². The first-order chi connectivity index (χ1) is 12.9. The van der Waals surface area contributed by atoms with Crippen molar-refractivity contribution in [3.05, 3.63) is 45.8 Å². The van der Waals surface area contributed by atoms with Crippen LogP contribution in [0.25, 0.3) is 11.0 Å². The first-order valence-corrected chi connectivity index (χ1v) is 9.63. The number of phosphoric ester groups is 1. The van der Waals surface area contributed by atoms with Crippen molar-refractivity contribution in [1.29, 1.82) is 0 Å². The summed E-state index contributed by atoms with van der Waals surface area (Å²) >= 11 is 0. The maximum absolute atomic E-state index is 11.6. The van der Waals surface area contributed by atoms with Gasteiger partial charge in [0.25, 0.3) is 0 Å². The molecule has 1 aliphatic rings. The maximum atomic E-state index is 11.6. The molecule has 154 valence electrons. The number of hydrogen-bond acceptors (Lipinski definition) is 9. The Kier molecular flexibility index (Phi) is 5.26. The zero-order valence-corrected chi connectivity index (χ0v) is 15.3. The van der Waals surface area contributed by atoms with Crippen molar-refractivity contribution in [1.82, 2.24) is 0 Å². The molecule has 7 N–H and O–H groups in total. The predicted molar refractivity (Wildman–Crippen MR) is 92.1 cm³/mol. The highest BCUT2D eigenvalue weighted by Crippen LogP contribution is 2.46. The number of rotatable bonds is 3. The summed E-state index contributed by atoms with van der Waals surface area (Å²) in [6, 6.07) is 5.07. The highest BCUT2D eigenvalue weighted by Gasteiger charge is 2.60. The third-order valence-electron chi connectivity index (χ3n) is 4.90. The predicted octanol–water partition coefficient (Wildman–Crippen LogP) is -1.78. The molecule has 1 aromatic carbocycles. The van der Waals surface area contributed by atoms with E-state index in [2.05, 4.69) is 4.52 Å². The maximum Gasteiger partial charge on any atom is 0.470 e. The largest absolute Gasteiger partial charge is 0.470 e. The summed E-state index contributed by atoms with van der Waals surface area (Å²) in [5.74, 6) is 0. The van der Waals surface area contributed by atoms with Gasteiger partial charge in [-0.2, -0.15) is 0 Å². The van der Waals surface area contributed by atoms with Gasteiger partial charge in [-0.15, -0.1) is 0 Å². The van der Waals surface area contributed by atoms with E-state index >= 15 is 0 Å². The molecule has 1 fully saturated rings. The minimum atomic E-state index is -5.24. The van der Waals surface area contributed by atoms with E-state index in [1.807, 2.05) is 0 Å². The van der Waals surface area contributed by atoms with E-state index in [4.69, 9.17) is 14.2 Å². The summed E-state index contributed by atoms with van der Waals surface area (Å²) in [5.41, 5.74) is -3.07. The van der Waals surface area contributed by atoms with E-state index in [-0.39, 0.29) is 11.1 Å². The molecular weight excluding hydrogens is 399 g/mol. The Balaban J connectivity index is 2.15. The number of fused-ring (bicyclic) bond motifs is 1. The SMILES string of the molecule is Cc1cc(=O)oc2cc([C@]3(O)[C@H](O)[C@@H](OP(=O)(O)O)[C@@H](O)[C@@H](O)[C@@H]3O)ccc12. The number of aliphatic hydroxyl groups is 5. The molecule has 0 saturated heterocycles. The van der Waals surface area contributed by atoms with Crippen LogP contribution in [0, 0.1) is 6.92 Å². The van der Waals surface area contributed by atoms with Crippen molar-refractivity contribution in [3.8, 4) is 0 Å². The molecule has 0 aliphatic heterocycles. The fraction of sp³-hybridized carbons (Fsp3) is 0.438. The third-order valence-corrected chi connectivity index (χ3v) is 5.41. The smallest absolute Gasteiger partial charge is 0.423 e. The molecule has 3 rings (SSSR count). The first-order valence-electron chi connectivity index (χ1n) is 8.10. The van der Waals surface area contributed by atoms with Gasteiger partial charge in [0.1, 0.15) is 41.7 Å². The lowest BCUT2D eigenvalue weighted by Crippen LogP contribution is -2.69. The number of aliphatic hydroxyl groups excluding tert-OH is 4. The van der Waals surface area contributed by atoms with E-state index in [0.29, 0.717) is 10.9 Å². The van der Waals surface area contributed by atoms with Gasteiger partial charge in [-0.05, 0) is 24.1 Å². The standard InChI is InChI=1S/C16H19O11P/c1-6-4-10(17)26-9-5-7(2-3-8(6)9)16(22)14(20)12(19)11(18)13(15(16)21)27-28(23,24)25/h2-5,11-15,18-22H,1H3,(H2,23,24,25)/t11-,12+,13-,14-,15+,16+/m0/s1. The average molecular weight is 418 g/mol. The second-order valence-corrected chi connectivity index (χ2v) is 7.91. The van der Waals surface area contributed by atoms with Crippen LogP contribution < -0.4 is 5.63 Å². The molecule has 0 spiro atoms. The van der Waals surface area contributed by atoms with Gasteiger partial charge in [0.05, 0.1) is 0 Å². The summed E-state index contributed by atoms with van der Waals surface area (Å²) in [6.45, 7) is 1.64. The normalized spacial score (nSPS) is 33.9. The zero-order valence-electron chi connectivity index (χ0n) is 14.4. The Bertz CT molecular complexity index is 998. The van der Waals surface area contributed by atoms with E-state index < -0.39 is 49.6 Å². The minimum Gasteiger partial charge on any atom is -0.423 e. The zero-order chi connectivity index (χ0) is 21.0. The number of aryl methyl sites for hydroxylation is 1. The summed E-state index contributed by atoms with van der Waals surface area (Å²) in [7, 11) is -5.24. The van der Waals surface area contributed by atoms with Gasteiger partial charge in [-0.1, -0.05) is 12.1 Å². The lowest BCUT2D eigenvalue weighted by Gasteiger charge is -2.49.